The smallest absolute Gasteiger partial charge is 0.0345 e. The predicted molar refractivity (Wildman–Crippen MR) is 145 cm³/mol. The average molecular weight is 448 g/mol. The van der Waals surface area contributed by atoms with Gasteiger partial charge in [-0.15, -0.1) is 6.42 Å². The molecule has 0 unspecified atom stereocenters. The molecule has 0 amide bonds. The van der Waals surface area contributed by atoms with Crippen LogP contribution in [0.3, 0.4) is 0 Å². The first-order chi connectivity index (χ1) is 15.8. The summed E-state index contributed by atoms with van der Waals surface area (Å²) in [6, 6.07) is 43.7. The van der Waals surface area contributed by atoms with Gasteiger partial charge in [0.2, 0.25) is 0 Å². The fourth-order valence-electron chi connectivity index (χ4n) is 3.80. The van der Waals surface area contributed by atoms with Gasteiger partial charge in [-0.2, -0.15) is 0 Å². The molecule has 32 heavy (non-hydrogen) atoms. The minimum absolute atomic E-state index is 0.269. The molecule has 4 aromatic carbocycles. The quantitative estimate of drug-likeness (QED) is 0.235. The van der Waals surface area contributed by atoms with Gasteiger partial charge in [0.25, 0.3) is 0 Å². The Hall–Kier alpha value is -2.96. The van der Waals surface area contributed by atoms with Crippen LogP contribution in [0.2, 0.25) is 0 Å². The molecule has 0 nitrogen and oxygen atoms in total. The maximum atomic E-state index is 5.87. The first kappa shape index (κ1) is 22.2. The molecule has 0 aromatic heterocycles. The second-order valence-electron chi connectivity index (χ2n) is 7.49. The highest BCUT2D eigenvalue weighted by Crippen LogP contribution is 2.57. The Balaban J connectivity index is 1.98. The lowest BCUT2D eigenvalue weighted by molar-refractivity contribution is 1.47. The van der Waals surface area contributed by atoms with Crippen LogP contribution in [-0.2, 0) is 0 Å². The van der Waals surface area contributed by atoms with Crippen LogP contribution in [0.15, 0.2) is 133 Å². The first-order valence-corrected chi connectivity index (χ1v) is 13.5. The molecular weight excluding hydrogens is 422 g/mol. The van der Waals surface area contributed by atoms with Gasteiger partial charge in [0.05, 0.1) is 0 Å². The number of terminal acetylenes is 1. The van der Waals surface area contributed by atoms with E-state index in [4.69, 9.17) is 6.42 Å². The molecule has 0 radical (unpaired) electrons. The van der Waals surface area contributed by atoms with Crippen LogP contribution < -0.4 is 21.2 Å². The van der Waals surface area contributed by atoms with Crippen molar-refractivity contribution in [3.8, 4) is 12.3 Å². The summed E-state index contributed by atoms with van der Waals surface area (Å²) in [5.74, 6) is 2.89. The molecule has 0 fully saturated rings. The van der Waals surface area contributed by atoms with Crippen LogP contribution in [0.4, 0.5) is 0 Å². The zero-order valence-corrected chi connectivity index (χ0v) is 20.0. The molecule has 4 rings (SSSR count). The molecule has 0 atom stereocenters. The first-order valence-electron chi connectivity index (χ1n) is 10.7. The Morgan fingerprint density at radius 3 is 1.12 bits per heavy atom. The molecule has 156 valence electrons. The second-order valence-corrected chi connectivity index (χ2v) is 12.6. The number of rotatable bonds is 7. The van der Waals surface area contributed by atoms with E-state index >= 15 is 0 Å². The fraction of sp³-hybridized carbons (Fsp3) is 0.0667. The molecule has 0 heterocycles. The topological polar surface area (TPSA) is 0 Å². The Labute approximate surface area is 194 Å². The molecule has 0 aliphatic carbocycles. The normalized spacial score (nSPS) is 11.7. The predicted octanol–water partition coefficient (Wildman–Crippen LogP) is 6.16. The van der Waals surface area contributed by atoms with Crippen molar-refractivity contribution in [3.63, 3.8) is 0 Å². The number of benzene rings is 4. The van der Waals surface area contributed by atoms with E-state index in [9.17, 15) is 0 Å². The lowest BCUT2D eigenvalue weighted by Crippen LogP contribution is -2.26. The van der Waals surface area contributed by atoms with E-state index in [0.29, 0.717) is 0 Å². The SMILES string of the molecule is C#C/C(C)=C/C(P(c1ccccc1)c1ccccc1)P(c1ccccc1)c1ccccc1. The summed E-state index contributed by atoms with van der Waals surface area (Å²) in [6.07, 6.45) is 8.23. The van der Waals surface area contributed by atoms with Crippen LogP contribution in [0.1, 0.15) is 6.92 Å². The minimum Gasteiger partial charge on any atom is -0.115 e. The van der Waals surface area contributed by atoms with Crippen LogP contribution in [0, 0.1) is 12.3 Å². The van der Waals surface area contributed by atoms with E-state index < -0.39 is 15.8 Å². The van der Waals surface area contributed by atoms with Gasteiger partial charge in [-0.25, -0.2) is 0 Å². The second kappa shape index (κ2) is 11.1. The molecule has 0 aliphatic heterocycles. The zero-order valence-electron chi connectivity index (χ0n) is 18.2. The summed E-state index contributed by atoms with van der Waals surface area (Å²) in [5, 5.41) is 5.77. The third-order valence-corrected chi connectivity index (χ3v) is 11.5. The summed E-state index contributed by atoms with van der Waals surface area (Å²) in [6.45, 7) is 2.06. The molecular formula is C30H26P2. The monoisotopic (exact) mass is 448 g/mol. The highest BCUT2D eigenvalue weighted by atomic mass is 31.2. The Morgan fingerprint density at radius 2 is 0.875 bits per heavy atom. The third kappa shape index (κ3) is 5.26. The lowest BCUT2D eigenvalue weighted by atomic mass is 10.3. The van der Waals surface area contributed by atoms with Crippen LogP contribution >= 0.6 is 15.8 Å². The molecule has 0 bridgehead atoms. The van der Waals surface area contributed by atoms with E-state index in [1.807, 2.05) is 0 Å². The van der Waals surface area contributed by atoms with Gasteiger partial charge >= 0.3 is 0 Å². The van der Waals surface area contributed by atoms with Crippen LogP contribution in [-0.4, -0.2) is 5.40 Å². The largest absolute Gasteiger partial charge is 0.115 e. The van der Waals surface area contributed by atoms with Crippen molar-refractivity contribution in [1.82, 2.24) is 0 Å². The Morgan fingerprint density at radius 1 is 0.594 bits per heavy atom. The van der Waals surface area contributed by atoms with Crippen LogP contribution in [0.25, 0.3) is 0 Å². The van der Waals surface area contributed by atoms with E-state index in [0.717, 1.165) is 5.57 Å². The van der Waals surface area contributed by atoms with Crippen molar-refractivity contribution < 1.29 is 0 Å². The standard InChI is InChI=1S/C30H26P2/c1-3-25(2)24-30(31(26-16-8-4-9-17-26)27-18-10-5-11-19-27)32(28-20-12-6-13-21-28)29-22-14-7-15-23-29/h1,4-24,30H,2H3/b25-24+. The summed E-state index contributed by atoms with van der Waals surface area (Å²) in [5.41, 5.74) is 0.994. The number of hydrogen-bond acceptors (Lipinski definition) is 0. The molecule has 4 aromatic rings. The highest BCUT2D eigenvalue weighted by Gasteiger charge is 2.32. The van der Waals surface area contributed by atoms with Gasteiger partial charge in [0.15, 0.2) is 0 Å². The van der Waals surface area contributed by atoms with Crippen molar-refractivity contribution in [2.75, 3.05) is 0 Å². The zero-order chi connectivity index (χ0) is 22.2. The van der Waals surface area contributed by atoms with Crippen molar-refractivity contribution >= 4 is 37.1 Å². The van der Waals surface area contributed by atoms with Crippen molar-refractivity contribution in [2.24, 2.45) is 0 Å². The fourth-order valence-corrected chi connectivity index (χ4v) is 10.9. The molecule has 0 spiro atoms. The maximum Gasteiger partial charge on any atom is 0.0345 e. The molecule has 0 saturated carbocycles. The van der Waals surface area contributed by atoms with Crippen molar-refractivity contribution in [1.29, 1.82) is 0 Å². The van der Waals surface area contributed by atoms with Crippen molar-refractivity contribution in [2.45, 2.75) is 12.3 Å². The van der Waals surface area contributed by atoms with E-state index in [2.05, 4.69) is 140 Å². The summed E-state index contributed by atoms with van der Waals surface area (Å²) in [4.78, 5) is 0. The van der Waals surface area contributed by atoms with Gasteiger partial charge in [0, 0.05) is 5.40 Å². The van der Waals surface area contributed by atoms with Gasteiger partial charge in [-0.1, -0.05) is 133 Å². The van der Waals surface area contributed by atoms with E-state index in [1.54, 1.807) is 0 Å². The van der Waals surface area contributed by atoms with Crippen LogP contribution in [0.5, 0.6) is 0 Å². The number of allylic oxidation sites excluding steroid dienone is 2. The van der Waals surface area contributed by atoms with Gasteiger partial charge in [-0.05, 0) is 49.6 Å². The minimum atomic E-state index is -0.682. The van der Waals surface area contributed by atoms with Gasteiger partial charge in [-0.3, -0.25) is 0 Å². The molecule has 2 heteroatoms. The van der Waals surface area contributed by atoms with Crippen molar-refractivity contribution in [3.05, 3.63) is 133 Å². The summed E-state index contributed by atoms with van der Waals surface area (Å²) >= 11 is 0. The Bertz CT molecular complexity index is 1020. The van der Waals surface area contributed by atoms with Gasteiger partial charge in [0.1, 0.15) is 0 Å². The summed E-state index contributed by atoms with van der Waals surface area (Å²) in [7, 11) is -1.36. The summed E-state index contributed by atoms with van der Waals surface area (Å²) < 4.78 is 0. The van der Waals surface area contributed by atoms with E-state index in [-0.39, 0.29) is 5.40 Å². The molecule has 0 N–H and O–H groups in total. The third-order valence-electron chi connectivity index (χ3n) is 5.29. The average Bonchev–Trinajstić information content (AvgIpc) is 2.87. The van der Waals surface area contributed by atoms with E-state index in [1.165, 1.54) is 21.2 Å². The molecule has 0 aliphatic rings. The lowest BCUT2D eigenvalue weighted by Gasteiger charge is -2.34. The van der Waals surface area contributed by atoms with Gasteiger partial charge < -0.3 is 0 Å². The maximum absolute atomic E-state index is 5.87. The highest BCUT2D eigenvalue weighted by molar-refractivity contribution is 7.89. The number of hydrogen-bond donors (Lipinski definition) is 0. The molecule has 0 saturated heterocycles. The Kier molecular flexibility index (Phi) is 7.69.